The zero-order valence-corrected chi connectivity index (χ0v) is 16.5. The Labute approximate surface area is 169 Å². The molecule has 0 unspecified atom stereocenters. The minimum Gasteiger partial charge on any atom is -0.497 e. The molecule has 3 aromatic carbocycles. The lowest BCUT2D eigenvalue weighted by Gasteiger charge is -2.29. The van der Waals surface area contributed by atoms with Crippen LogP contribution < -0.4 is 14.4 Å². The third-order valence-corrected chi connectivity index (χ3v) is 5.83. The van der Waals surface area contributed by atoms with Gasteiger partial charge in [0, 0.05) is 22.7 Å². The number of rotatable bonds is 5. The fourth-order valence-electron chi connectivity index (χ4n) is 3.27. The molecule has 0 radical (unpaired) electrons. The number of aryl methyl sites for hydroxylation is 1. The second-order valence-corrected chi connectivity index (χ2v) is 7.73. The van der Waals surface area contributed by atoms with Gasteiger partial charge in [0.2, 0.25) is 0 Å². The van der Waals surface area contributed by atoms with Gasteiger partial charge in [-0.3, -0.25) is 4.79 Å². The van der Waals surface area contributed by atoms with Crippen molar-refractivity contribution in [2.24, 2.45) is 0 Å². The van der Waals surface area contributed by atoms with Crippen LogP contribution >= 0.6 is 11.9 Å². The van der Waals surface area contributed by atoms with Crippen molar-refractivity contribution >= 4 is 29.2 Å². The molecular formula is C23H22N2O2S. The lowest BCUT2D eigenvalue weighted by molar-refractivity contribution is 0.102. The van der Waals surface area contributed by atoms with Crippen LogP contribution in [-0.4, -0.2) is 19.6 Å². The summed E-state index contributed by atoms with van der Waals surface area (Å²) in [6, 6.07) is 23.6. The van der Waals surface area contributed by atoms with Crippen LogP contribution in [0.3, 0.4) is 0 Å². The lowest BCUT2D eigenvalue weighted by Crippen LogP contribution is -2.22. The van der Waals surface area contributed by atoms with Crippen molar-refractivity contribution in [3.8, 4) is 5.75 Å². The number of nitrogens with one attached hydrogen (secondary N) is 1. The van der Waals surface area contributed by atoms with Crippen molar-refractivity contribution in [2.45, 2.75) is 17.7 Å². The highest BCUT2D eigenvalue weighted by Gasteiger charge is 2.17. The summed E-state index contributed by atoms with van der Waals surface area (Å²) in [5.74, 6) is 0.642. The molecule has 1 aliphatic heterocycles. The van der Waals surface area contributed by atoms with Crippen LogP contribution in [0, 0.1) is 0 Å². The number of anilines is 2. The molecule has 4 nitrogen and oxygen atoms in total. The summed E-state index contributed by atoms with van der Waals surface area (Å²) in [5.41, 5.74) is 4.07. The average molecular weight is 391 g/mol. The molecule has 1 N–H and O–H groups in total. The molecule has 0 spiro atoms. The summed E-state index contributed by atoms with van der Waals surface area (Å²) in [4.78, 5) is 13.6. The first-order chi connectivity index (χ1) is 13.7. The van der Waals surface area contributed by atoms with Crippen molar-refractivity contribution in [1.82, 2.24) is 0 Å². The number of hydrogen-bond donors (Lipinski definition) is 1. The molecule has 3 aromatic rings. The Morgan fingerprint density at radius 1 is 1.00 bits per heavy atom. The number of carbonyl (C=O) groups excluding carboxylic acids is 1. The van der Waals surface area contributed by atoms with Gasteiger partial charge in [0.1, 0.15) is 5.75 Å². The summed E-state index contributed by atoms with van der Waals surface area (Å²) < 4.78 is 7.48. The lowest BCUT2D eigenvalue weighted by atomic mass is 10.0. The van der Waals surface area contributed by atoms with Crippen LogP contribution in [0.5, 0.6) is 5.75 Å². The predicted octanol–water partition coefficient (Wildman–Crippen LogP) is 5.41. The number of benzene rings is 3. The molecule has 0 aromatic heterocycles. The number of ether oxygens (including phenoxy) is 1. The van der Waals surface area contributed by atoms with Gasteiger partial charge in [-0.25, -0.2) is 0 Å². The number of carbonyl (C=O) groups is 1. The minimum atomic E-state index is -0.120. The molecule has 1 amide bonds. The quantitative estimate of drug-likeness (QED) is 0.592. The van der Waals surface area contributed by atoms with Crippen molar-refractivity contribution in [3.63, 3.8) is 0 Å². The van der Waals surface area contributed by atoms with Crippen molar-refractivity contribution in [3.05, 3.63) is 83.9 Å². The second-order valence-electron chi connectivity index (χ2n) is 6.63. The van der Waals surface area contributed by atoms with Gasteiger partial charge in [0.15, 0.2) is 0 Å². The van der Waals surface area contributed by atoms with Crippen LogP contribution in [0.1, 0.15) is 22.3 Å². The molecule has 0 fully saturated rings. The summed E-state index contributed by atoms with van der Waals surface area (Å²) >= 11 is 1.72. The Kier molecular flexibility index (Phi) is 5.53. The fraction of sp³-hybridized carbons (Fsp3) is 0.174. The SMILES string of the molecule is COc1ccc(NC(=O)c2ccc(SN3CCCc4ccccc43)cc2)cc1. The van der Waals surface area contributed by atoms with Crippen molar-refractivity contribution < 1.29 is 9.53 Å². The normalized spacial score (nSPS) is 13.0. The molecular weight excluding hydrogens is 368 g/mol. The Morgan fingerprint density at radius 2 is 1.75 bits per heavy atom. The monoisotopic (exact) mass is 390 g/mol. The first-order valence-electron chi connectivity index (χ1n) is 9.32. The summed E-state index contributed by atoms with van der Waals surface area (Å²) in [6.45, 7) is 1.03. The molecule has 142 valence electrons. The molecule has 4 rings (SSSR count). The number of amides is 1. The van der Waals surface area contributed by atoms with E-state index in [9.17, 15) is 4.79 Å². The number of fused-ring (bicyclic) bond motifs is 1. The smallest absolute Gasteiger partial charge is 0.255 e. The van der Waals surface area contributed by atoms with E-state index in [1.165, 1.54) is 11.3 Å². The first kappa shape index (κ1) is 18.4. The van der Waals surface area contributed by atoms with Gasteiger partial charge in [-0.1, -0.05) is 18.2 Å². The van der Waals surface area contributed by atoms with Crippen molar-refractivity contribution in [2.75, 3.05) is 23.3 Å². The van der Waals surface area contributed by atoms with Crippen LogP contribution in [0.15, 0.2) is 77.7 Å². The molecule has 1 heterocycles. The maximum absolute atomic E-state index is 12.5. The van der Waals surface area contributed by atoms with E-state index in [0.29, 0.717) is 5.56 Å². The fourth-order valence-corrected chi connectivity index (χ4v) is 4.28. The molecule has 0 aliphatic carbocycles. The molecule has 5 heteroatoms. The van der Waals surface area contributed by atoms with E-state index in [2.05, 4.69) is 33.9 Å². The zero-order valence-electron chi connectivity index (χ0n) is 15.7. The highest BCUT2D eigenvalue weighted by atomic mass is 32.2. The summed E-state index contributed by atoms with van der Waals surface area (Å²) in [6.07, 6.45) is 2.30. The van der Waals surface area contributed by atoms with Gasteiger partial charge >= 0.3 is 0 Å². The van der Waals surface area contributed by atoms with Gasteiger partial charge in [0.05, 0.1) is 12.8 Å². The van der Waals surface area contributed by atoms with E-state index in [0.717, 1.165) is 35.7 Å². The minimum absolute atomic E-state index is 0.120. The van der Waals surface area contributed by atoms with Gasteiger partial charge in [-0.05, 0) is 85.0 Å². The molecule has 28 heavy (non-hydrogen) atoms. The van der Waals surface area contributed by atoms with E-state index >= 15 is 0 Å². The molecule has 0 saturated heterocycles. The molecule has 0 bridgehead atoms. The first-order valence-corrected chi connectivity index (χ1v) is 10.1. The van der Waals surface area contributed by atoms with Gasteiger partial charge in [0.25, 0.3) is 5.91 Å². The molecule has 1 aliphatic rings. The Hall–Kier alpha value is -2.92. The van der Waals surface area contributed by atoms with Crippen LogP contribution in [0.4, 0.5) is 11.4 Å². The van der Waals surface area contributed by atoms with E-state index in [-0.39, 0.29) is 5.91 Å². The largest absolute Gasteiger partial charge is 0.497 e. The topological polar surface area (TPSA) is 41.6 Å². The third-order valence-electron chi connectivity index (χ3n) is 4.75. The highest BCUT2D eigenvalue weighted by molar-refractivity contribution is 8.00. The average Bonchev–Trinajstić information content (AvgIpc) is 2.75. The molecule has 0 atom stereocenters. The maximum Gasteiger partial charge on any atom is 0.255 e. The Bertz CT molecular complexity index is 955. The van der Waals surface area contributed by atoms with E-state index in [1.54, 1.807) is 19.1 Å². The highest BCUT2D eigenvalue weighted by Crippen LogP contribution is 2.35. The van der Waals surface area contributed by atoms with Gasteiger partial charge < -0.3 is 14.4 Å². The van der Waals surface area contributed by atoms with Gasteiger partial charge in [-0.2, -0.15) is 0 Å². The van der Waals surface area contributed by atoms with E-state index in [1.807, 2.05) is 48.5 Å². The van der Waals surface area contributed by atoms with Crippen LogP contribution in [0.25, 0.3) is 0 Å². The van der Waals surface area contributed by atoms with E-state index in [4.69, 9.17) is 4.74 Å². The van der Waals surface area contributed by atoms with Crippen LogP contribution in [-0.2, 0) is 6.42 Å². The van der Waals surface area contributed by atoms with E-state index < -0.39 is 0 Å². The standard InChI is InChI=1S/C23H22N2O2S/c1-27-20-12-10-19(11-13-20)24-23(26)18-8-14-21(15-9-18)28-25-16-4-6-17-5-2-3-7-22(17)25/h2-3,5,7-15H,4,6,16H2,1H3,(H,24,26). The van der Waals surface area contributed by atoms with Crippen molar-refractivity contribution in [1.29, 1.82) is 0 Å². The number of nitrogens with zero attached hydrogens (tertiary/aromatic N) is 1. The predicted molar refractivity (Wildman–Crippen MR) is 115 cm³/mol. The molecule has 0 saturated carbocycles. The Morgan fingerprint density at radius 3 is 2.50 bits per heavy atom. The van der Waals surface area contributed by atoms with Crippen LogP contribution in [0.2, 0.25) is 0 Å². The third kappa shape index (κ3) is 4.15. The zero-order chi connectivity index (χ0) is 19.3. The number of para-hydroxylation sites is 1. The second kappa shape index (κ2) is 8.40. The summed E-state index contributed by atoms with van der Waals surface area (Å²) in [7, 11) is 1.62. The van der Waals surface area contributed by atoms with Gasteiger partial charge in [-0.15, -0.1) is 0 Å². The number of hydrogen-bond acceptors (Lipinski definition) is 4. The number of methoxy groups -OCH3 is 1. The Balaban J connectivity index is 1.42. The summed E-state index contributed by atoms with van der Waals surface area (Å²) in [5, 5.41) is 2.91. The maximum atomic E-state index is 12.5.